The first kappa shape index (κ1) is 15.1. The first-order chi connectivity index (χ1) is 11.6. The summed E-state index contributed by atoms with van der Waals surface area (Å²) in [7, 11) is 0. The normalized spacial score (nSPS) is 20.8. The summed E-state index contributed by atoms with van der Waals surface area (Å²) in [6, 6.07) is 2.09. The van der Waals surface area contributed by atoms with Crippen molar-refractivity contribution in [2.75, 3.05) is 18.5 Å². The average Bonchev–Trinajstić information content (AvgIpc) is 3.23. The lowest BCUT2D eigenvalue weighted by Crippen LogP contribution is -2.29. The Morgan fingerprint density at radius 1 is 1.12 bits per heavy atom. The van der Waals surface area contributed by atoms with Crippen LogP contribution in [-0.2, 0) is 11.2 Å². The Labute approximate surface area is 138 Å². The van der Waals surface area contributed by atoms with Crippen molar-refractivity contribution in [3.63, 3.8) is 0 Å². The zero-order chi connectivity index (χ0) is 16.7. The van der Waals surface area contributed by atoms with Gasteiger partial charge in [-0.05, 0) is 20.8 Å². The van der Waals surface area contributed by atoms with Gasteiger partial charge in [0.2, 0.25) is 0 Å². The van der Waals surface area contributed by atoms with Gasteiger partial charge < -0.3 is 19.1 Å². The minimum atomic E-state index is 0.127. The molecule has 0 bridgehead atoms. The van der Waals surface area contributed by atoms with Crippen LogP contribution in [0.5, 0.6) is 0 Å². The van der Waals surface area contributed by atoms with Gasteiger partial charge in [-0.2, -0.15) is 4.98 Å². The van der Waals surface area contributed by atoms with Gasteiger partial charge in [0.25, 0.3) is 5.71 Å². The molecule has 8 nitrogen and oxygen atoms in total. The van der Waals surface area contributed by atoms with Crippen molar-refractivity contribution in [2.24, 2.45) is 5.92 Å². The Hall–Kier alpha value is -2.48. The zero-order valence-electron chi connectivity index (χ0n) is 13.9. The van der Waals surface area contributed by atoms with E-state index < -0.39 is 0 Å². The highest BCUT2D eigenvalue weighted by Gasteiger charge is 2.31. The zero-order valence-corrected chi connectivity index (χ0v) is 13.9. The number of hydrogen-bond donors (Lipinski definition) is 1. The molecule has 1 fully saturated rings. The topological polar surface area (TPSA) is 99.1 Å². The van der Waals surface area contributed by atoms with E-state index in [9.17, 15) is 0 Å². The molecule has 1 aliphatic rings. The highest BCUT2D eigenvalue weighted by molar-refractivity contribution is 5.87. The summed E-state index contributed by atoms with van der Waals surface area (Å²) in [6.07, 6.45) is 0.772. The SMILES string of the molecule is Cc1cc(C[C@@H]2COC[C@@H]2Nc2nc(C)nc3onc(C)c23)on1. The number of anilines is 1. The molecule has 4 rings (SSSR count). The molecule has 24 heavy (non-hydrogen) atoms. The third kappa shape index (κ3) is 2.73. The number of fused-ring (bicyclic) bond motifs is 1. The molecule has 4 heterocycles. The molecule has 0 saturated carbocycles. The van der Waals surface area contributed by atoms with Crippen molar-refractivity contribution < 1.29 is 13.8 Å². The lowest BCUT2D eigenvalue weighted by atomic mass is 9.98. The number of aromatic nitrogens is 4. The fourth-order valence-electron chi connectivity index (χ4n) is 3.11. The smallest absolute Gasteiger partial charge is 0.263 e. The quantitative estimate of drug-likeness (QED) is 0.777. The molecule has 2 atom stereocenters. The third-order valence-electron chi connectivity index (χ3n) is 4.28. The molecule has 1 N–H and O–H groups in total. The fraction of sp³-hybridized carbons (Fsp3) is 0.500. The molecule has 0 spiro atoms. The standard InChI is InChI=1S/C16H19N5O3/c1-8-4-12(23-20-8)5-11-6-22-7-13(11)19-15-14-9(2)21-24-16(14)18-10(3)17-15/h4,11,13H,5-7H2,1-3H3,(H,17,18,19)/t11-,13+/m1/s1. The van der Waals surface area contributed by atoms with E-state index >= 15 is 0 Å². The molecule has 126 valence electrons. The molecule has 0 aromatic carbocycles. The molecule has 0 radical (unpaired) electrons. The highest BCUT2D eigenvalue weighted by atomic mass is 16.5. The van der Waals surface area contributed by atoms with E-state index in [1.807, 2.05) is 26.8 Å². The predicted molar refractivity (Wildman–Crippen MR) is 85.7 cm³/mol. The maximum Gasteiger partial charge on any atom is 0.263 e. The summed E-state index contributed by atoms with van der Waals surface area (Å²) in [6.45, 7) is 6.93. The summed E-state index contributed by atoms with van der Waals surface area (Å²) in [5.74, 6) is 2.54. The van der Waals surface area contributed by atoms with Gasteiger partial charge in [-0.1, -0.05) is 10.3 Å². The molecule has 3 aromatic rings. The average molecular weight is 329 g/mol. The summed E-state index contributed by atoms with van der Waals surface area (Å²) in [5, 5.41) is 12.2. The second-order valence-electron chi connectivity index (χ2n) is 6.25. The Morgan fingerprint density at radius 2 is 2.00 bits per heavy atom. The van der Waals surface area contributed by atoms with Gasteiger partial charge in [0, 0.05) is 18.4 Å². The number of ether oxygens (including phenoxy) is 1. The summed E-state index contributed by atoms with van der Waals surface area (Å²) in [4.78, 5) is 8.82. The van der Waals surface area contributed by atoms with E-state index in [1.54, 1.807) is 0 Å². The van der Waals surface area contributed by atoms with Crippen LogP contribution in [0.1, 0.15) is 23.0 Å². The Morgan fingerprint density at radius 3 is 2.79 bits per heavy atom. The minimum absolute atomic E-state index is 0.127. The second kappa shape index (κ2) is 5.86. The number of hydrogen-bond acceptors (Lipinski definition) is 8. The molecule has 0 amide bonds. The molecule has 1 aliphatic heterocycles. The molecule has 8 heteroatoms. The maximum atomic E-state index is 5.67. The van der Waals surface area contributed by atoms with Crippen molar-refractivity contribution in [1.29, 1.82) is 0 Å². The predicted octanol–water partition coefficient (Wildman–Crippen LogP) is 2.20. The van der Waals surface area contributed by atoms with Crippen LogP contribution >= 0.6 is 0 Å². The summed E-state index contributed by atoms with van der Waals surface area (Å²) >= 11 is 0. The Kier molecular flexibility index (Phi) is 3.68. The van der Waals surface area contributed by atoms with E-state index in [0.717, 1.165) is 34.8 Å². The first-order valence-corrected chi connectivity index (χ1v) is 7.97. The van der Waals surface area contributed by atoms with E-state index in [1.165, 1.54) is 0 Å². The monoisotopic (exact) mass is 329 g/mol. The van der Waals surface area contributed by atoms with Gasteiger partial charge in [-0.25, -0.2) is 4.98 Å². The van der Waals surface area contributed by atoms with Crippen LogP contribution in [0.25, 0.3) is 11.1 Å². The lowest BCUT2D eigenvalue weighted by molar-refractivity contribution is 0.183. The number of rotatable bonds is 4. The van der Waals surface area contributed by atoms with Gasteiger partial charge in [-0.15, -0.1) is 0 Å². The van der Waals surface area contributed by atoms with Gasteiger partial charge in [0.15, 0.2) is 0 Å². The van der Waals surface area contributed by atoms with Crippen LogP contribution in [0.3, 0.4) is 0 Å². The van der Waals surface area contributed by atoms with Gasteiger partial charge in [-0.3, -0.25) is 0 Å². The third-order valence-corrected chi connectivity index (χ3v) is 4.28. The minimum Gasteiger partial charge on any atom is -0.379 e. The first-order valence-electron chi connectivity index (χ1n) is 7.97. The molecule has 0 unspecified atom stereocenters. The highest BCUT2D eigenvalue weighted by Crippen LogP contribution is 2.28. The van der Waals surface area contributed by atoms with E-state index in [4.69, 9.17) is 13.8 Å². The van der Waals surface area contributed by atoms with Crippen molar-refractivity contribution >= 4 is 16.9 Å². The molecule has 0 aliphatic carbocycles. The van der Waals surface area contributed by atoms with Gasteiger partial charge in [0.05, 0.1) is 30.6 Å². The second-order valence-corrected chi connectivity index (χ2v) is 6.25. The van der Waals surface area contributed by atoms with Crippen molar-refractivity contribution in [3.8, 4) is 0 Å². The molecule has 1 saturated heterocycles. The van der Waals surface area contributed by atoms with Crippen molar-refractivity contribution in [3.05, 3.63) is 29.0 Å². The van der Waals surface area contributed by atoms with Crippen molar-refractivity contribution in [2.45, 2.75) is 33.2 Å². The van der Waals surface area contributed by atoms with E-state index in [-0.39, 0.29) is 12.0 Å². The Bertz CT molecular complexity index is 872. The lowest BCUT2D eigenvalue weighted by Gasteiger charge is -2.19. The molecular formula is C16H19N5O3. The van der Waals surface area contributed by atoms with E-state index in [2.05, 4.69) is 25.6 Å². The fourth-order valence-corrected chi connectivity index (χ4v) is 3.11. The number of aryl methyl sites for hydroxylation is 3. The van der Waals surface area contributed by atoms with Crippen LogP contribution < -0.4 is 5.32 Å². The Balaban J connectivity index is 1.59. The van der Waals surface area contributed by atoms with Crippen LogP contribution in [-0.4, -0.2) is 39.5 Å². The molecule has 3 aromatic heterocycles. The van der Waals surface area contributed by atoms with Crippen LogP contribution in [0.2, 0.25) is 0 Å². The number of nitrogens with zero attached hydrogens (tertiary/aromatic N) is 4. The van der Waals surface area contributed by atoms with E-state index in [0.29, 0.717) is 24.8 Å². The van der Waals surface area contributed by atoms with Crippen molar-refractivity contribution in [1.82, 2.24) is 20.3 Å². The molecular weight excluding hydrogens is 310 g/mol. The number of nitrogens with one attached hydrogen (secondary N) is 1. The summed E-state index contributed by atoms with van der Waals surface area (Å²) in [5.41, 5.74) is 2.17. The maximum absolute atomic E-state index is 5.67. The van der Waals surface area contributed by atoms with Crippen LogP contribution in [0.4, 0.5) is 5.82 Å². The van der Waals surface area contributed by atoms with Crippen LogP contribution in [0, 0.1) is 26.7 Å². The van der Waals surface area contributed by atoms with Crippen LogP contribution in [0.15, 0.2) is 15.1 Å². The largest absolute Gasteiger partial charge is 0.379 e. The summed E-state index contributed by atoms with van der Waals surface area (Å²) < 4.78 is 16.3. The van der Waals surface area contributed by atoms with Gasteiger partial charge in [0.1, 0.15) is 22.8 Å². The van der Waals surface area contributed by atoms with Gasteiger partial charge >= 0.3 is 0 Å².